The maximum absolute atomic E-state index is 12.9. The molecule has 33 heavy (non-hydrogen) atoms. The molecule has 0 aromatic heterocycles. The number of hydrogen-bond donors (Lipinski definition) is 1. The summed E-state index contributed by atoms with van der Waals surface area (Å²) in [6.07, 6.45) is 2.94. The first-order chi connectivity index (χ1) is 15.6. The number of nitrogens with one attached hydrogen (secondary N) is 1. The molecule has 0 saturated carbocycles. The molecule has 0 saturated heterocycles. The van der Waals surface area contributed by atoms with Crippen molar-refractivity contribution in [2.75, 3.05) is 29.8 Å². The van der Waals surface area contributed by atoms with Gasteiger partial charge in [0, 0.05) is 30.9 Å². The van der Waals surface area contributed by atoms with Gasteiger partial charge in [-0.05, 0) is 37.1 Å². The SMILES string of the molecule is CCCCN(CCCC)c1c([N+](=O)[O-])cc(S(=O)(=O)Nc2ccc(OC)cc2)cc1[N+](=O)[O-]. The van der Waals surface area contributed by atoms with Crippen molar-refractivity contribution in [2.45, 2.75) is 44.4 Å². The molecule has 0 heterocycles. The first kappa shape index (κ1) is 25.8. The van der Waals surface area contributed by atoms with Gasteiger partial charge in [-0.25, -0.2) is 8.42 Å². The Hall–Kier alpha value is -3.41. The highest BCUT2D eigenvalue weighted by Gasteiger charge is 2.33. The molecule has 2 aromatic carbocycles. The van der Waals surface area contributed by atoms with Crippen LogP contribution in [0.5, 0.6) is 5.75 Å². The minimum absolute atomic E-state index is 0.171. The number of nitrogens with zero attached hydrogens (tertiary/aromatic N) is 3. The van der Waals surface area contributed by atoms with Gasteiger partial charge in [-0.2, -0.15) is 0 Å². The fraction of sp³-hybridized carbons (Fsp3) is 0.429. The molecular weight excluding hydrogens is 452 g/mol. The van der Waals surface area contributed by atoms with Crippen LogP contribution in [0.1, 0.15) is 39.5 Å². The molecule has 0 aliphatic rings. The van der Waals surface area contributed by atoms with Crippen LogP contribution in [0.25, 0.3) is 0 Å². The standard InChI is InChI=1S/C21H28N4O7S/c1-4-6-12-23(13-7-5-2)21-19(24(26)27)14-18(15-20(21)25(28)29)33(30,31)22-16-8-10-17(32-3)11-9-16/h8-11,14-15,22H,4-7,12-13H2,1-3H3. The first-order valence-corrected chi connectivity index (χ1v) is 12.0. The fourth-order valence-corrected chi connectivity index (χ4v) is 4.34. The molecule has 0 spiro atoms. The molecule has 0 radical (unpaired) electrons. The van der Waals surface area contributed by atoms with E-state index in [0.717, 1.165) is 25.0 Å². The number of methoxy groups -OCH3 is 1. The van der Waals surface area contributed by atoms with Gasteiger partial charge < -0.3 is 9.64 Å². The fourth-order valence-electron chi connectivity index (χ4n) is 3.24. The largest absolute Gasteiger partial charge is 0.497 e. The summed E-state index contributed by atoms with van der Waals surface area (Å²) in [7, 11) is -2.88. The number of anilines is 2. The molecule has 0 amide bonds. The van der Waals surface area contributed by atoms with E-state index < -0.39 is 36.1 Å². The minimum Gasteiger partial charge on any atom is -0.497 e. The lowest BCUT2D eigenvalue weighted by molar-refractivity contribution is -0.393. The van der Waals surface area contributed by atoms with Crippen molar-refractivity contribution in [1.82, 2.24) is 0 Å². The van der Waals surface area contributed by atoms with Crippen LogP contribution in [0.4, 0.5) is 22.7 Å². The molecule has 11 nitrogen and oxygen atoms in total. The predicted molar refractivity (Wildman–Crippen MR) is 126 cm³/mol. The lowest BCUT2D eigenvalue weighted by Gasteiger charge is -2.24. The van der Waals surface area contributed by atoms with Gasteiger partial charge in [0.1, 0.15) is 10.6 Å². The normalized spacial score (nSPS) is 11.1. The summed E-state index contributed by atoms with van der Waals surface area (Å²) in [5.41, 5.74) is -1.23. The molecule has 0 atom stereocenters. The zero-order valence-electron chi connectivity index (χ0n) is 18.8. The van der Waals surface area contributed by atoms with Gasteiger partial charge in [0.25, 0.3) is 10.0 Å². The molecule has 1 N–H and O–H groups in total. The molecular formula is C21H28N4O7S. The van der Waals surface area contributed by atoms with Gasteiger partial charge in [-0.3, -0.25) is 25.0 Å². The Morgan fingerprint density at radius 2 is 1.42 bits per heavy atom. The van der Waals surface area contributed by atoms with E-state index in [-0.39, 0.29) is 11.4 Å². The highest BCUT2D eigenvalue weighted by molar-refractivity contribution is 7.92. The monoisotopic (exact) mass is 480 g/mol. The van der Waals surface area contributed by atoms with Crippen molar-refractivity contribution in [3.63, 3.8) is 0 Å². The van der Waals surface area contributed by atoms with Crippen LogP contribution in [0.15, 0.2) is 41.3 Å². The van der Waals surface area contributed by atoms with Gasteiger partial charge in [0.2, 0.25) is 0 Å². The number of sulfonamides is 1. The van der Waals surface area contributed by atoms with Gasteiger partial charge in [0.15, 0.2) is 5.69 Å². The summed E-state index contributed by atoms with van der Waals surface area (Å²) in [6.45, 7) is 4.66. The van der Waals surface area contributed by atoms with Gasteiger partial charge in [0.05, 0.1) is 17.0 Å². The zero-order chi connectivity index (χ0) is 24.6. The van der Waals surface area contributed by atoms with Crippen molar-refractivity contribution in [2.24, 2.45) is 0 Å². The van der Waals surface area contributed by atoms with Crippen LogP contribution in [-0.2, 0) is 10.0 Å². The average molecular weight is 481 g/mol. The third kappa shape index (κ3) is 6.54. The van der Waals surface area contributed by atoms with E-state index in [1.165, 1.54) is 31.4 Å². The number of benzene rings is 2. The second kappa shape index (κ2) is 11.5. The van der Waals surface area contributed by atoms with Crippen LogP contribution < -0.4 is 14.4 Å². The molecule has 2 rings (SSSR count). The highest BCUT2D eigenvalue weighted by atomic mass is 32.2. The number of nitro benzene ring substituents is 2. The number of nitro groups is 2. The van der Waals surface area contributed by atoms with Crippen LogP contribution >= 0.6 is 0 Å². The highest BCUT2D eigenvalue weighted by Crippen LogP contribution is 2.40. The summed E-state index contributed by atoms with van der Waals surface area (Å²) < 4.78 is 33.2. The van der Waals surface area contributed by atoms with E-state index in [2.05, 4.69) is 4.72 Å². The molecule has 0 bridgehead atoms. The Labute approximate surface area is 192 Å². The molecule has 0 aliphatic carbocycles. The molecule has 0 unspecified atom stereocenters. The second-order valence-electron chi connectivity index (χ2n) is 7.35. The number of unbranched alkanes of at least 4 members (excludes halogenated alkanes) is 2. The van der Waals surface area contributed by atoms with Crippen molar-refractivity contribution in [3.8, 4) is 5.75 Å². The summed E-state index contributed by atoms with van der Waals surface area (Å²) in [5, 5.41) is 23.8. The Bertz CT molecular complexity index is 1050. The summed E-state index contributed by atoms with van der Waals surface area (Å²) in [5.74, 6) is 0.507. The topological polar surface area (TPSA) is 145 Å². The lowest BCUT2D eigenvalue weighted by atomic mass is 10.1. The molecule has 180 valence electrons. The lowest BCUT2D eigenvalue weighted by Crippen LogP contribution is -2.27. The average Bonchev–Trinajstić information content (AvgIpc) is 2.78. The quantitative estimate of drug-likeness (QED) is 0.320. The summed E-state index contributed by atoms with van der Waals surface area (Å²) in [4.78, 5) is 23.3. The van der Waals surface area contributed by atoms with Crippen molar-refractivity contribution < 1.29 is 23.0 Å². The first-order valence-electron chi connectivity index (χ1n) is 10.5. The third-order valence-corrected chi connectivity index (χ3v) is 6.33. The van der Waals surface area contributed by atoms with Crippen molar-refractivity contribution >= 4 is 32.8 Å². The van der Waals surface area contributed by atoms with E-state index in [1.807, 2.05) is 13.8 Å². The number of rotatable bonds is 13. The van der Waals surface area contributed by atoms with Crippen LogP contribution in [0.2, 0.25) is 0 Å². The predicted octanol–water partition coefficient (Wildman–Crippen LogP) is 4.72. The molecule has 0 fully saturated rings. The van der Waals surface area contributed by atoms with E-state index in [9.17, 15) is 28.6 Å². The third-order valence-electron chi connectivity index (χ3n) is 4.97. The Morgan fingerprint density at radius 3 is 1.82 bits per heavy atom. The summed E-state index contributed by atoms with van der Waals surface area (Å²) >= 11 is 0. The molecule has 12 heteroatoms. The van der Waals surface area contributed by atoms with E-state index in [0.29, 0.717) is 31.7 Å². The molecule has 0 aliphatic heterocycles. The van der Waals surface area contributed by atoms with Crippen molar-refractivity contribution in [1.29, 1.82) is 0 Å². The zero-order valence-corrected chi connectivity index (χ0v) is 19.6. The minimum atomic E-state index is -4.34. The van der Waals surface area contributed by atoms with Gasteiger partial charge in [-0.1, -0.05) is 26.7 Å². The molecule has 2 aromatic rings. The van der Waals surface area contributed by atoms with E-state index in [4.69, 9.17) is 4.74 Å². The van der Waals surface area contributed by atoms with Crippen LogP contribution in [0.3, 0.4) is 0 Å². The van der Waals surface area contributed by atoms with Gasteiger partial charge >= 0.3 is 11.4 Å². The smallest absolute Gasteiger partial charge is 0.301 e. The van der Waals surface area contributed by atoms with E-state index in [1.54, 1.807) is 4.90 Å². The Kier molecular flexibility index (Phi) is 8.97. The van der Waals surface area contributed by atoms with Crippen molar-refractivity contribution in [3.05, 3.63) is 56.6 Å². The Morgan fingerprint density at radius 1 is 0.939 bits per heavy atom. The summed E-state index contributed by atoms with van der Waals surface area (Å²) in [6, 6.07) is 7.71. The number of hydrogen-bond acceptors (Lipinski definition) is 8. The maximum Gasteiger partial charge on any atom is 0.301 e. The van der Waals surface area contributed by atoms with Crippen LogP contribution in [0, 0.1) is 20.2 Å². The maximum atomic E-state index is 12.9. The van der Waals surface area contributed by atoms with Gasteiger partial charge in [-0.15, -0.1) is 0 Å². The number of ether oxygens (including phenoxy) is 1. The van der Waals surface area contributed by atoms with Crippen LogP contribution in [-0.4, -0.2) is 38.5 Å². The Balaban J connectivity index is 2.60. The van der Waals surface area contributed by atoms with E-state index >= 15 is 0 Å². The second-order valence-corrected chi connectivity index (χ2v) is 9.03.